The van der Waals surface area contributed by atoms with Gasteiger partial charge >= 0.3 is 0 Å². The van der Waals surface area contributed by atoms with Crippen LogP contribution in [-0.2, 0) is 10.0 Å². The zero-order chi connectivity index (χ0) is 14.4. The van der Waals surface area contributed by atoms with Crippen molar-refractivity contribution in [1.82, 2.24) is 4.31 Å². The van der Waals surface area contributed by atoms with Gasteiger partial charge in [-0.15, -0.1) is 11.3 Å². The smallest absolute Gasteiger partial charge is 0.244 e. The topological polar surface area (TPSA) is 57.6 Å². The molecule has 1 fully saturated rings. The highest BCUT2D eigenvalue weighted by atomic mass is 32.2. The Bertz CT molecular complexity index is 726. The molecule has 1 aromatic carbocycles. The third kappa shape index (κ3) is 1.90. The van der Waals surface area contributed by atoms with Gasteiger partial charge in [0.05, 0.1) is 12.1 Å². The molecule has 0 aliphatic heterocycles. The molecule has 1 aliphatic rings. The van der Waals surface area contributed by atoms with Crippen LogP contribution in [0.25, 0.3) is 10.1 Å². The molecule has 0 unspecified atom stereocenters. The van der Waals surface area contributed by atoms with Gasteiger partial charge in [0.2, 0.25) is 10.0 Å². The summed E-state index contributed by atoms with van der Waals surface area (Å²) in [5, 5.41) is 12.0. The van der Waals surface area contributed by atoms with Gasteiger partial charge in [0, 0.05) is 22.5 Å². The first-order valence-corrected chi connectivity index (χ1v) is 8.89. The SMILES string of the molecule is CN(C1(CO)CCC1)S(=O)(=O)c1csc2ccccc12. The Kier molecular flexibility index (Phi) is 3.36. The summed E-state index contributed by atoms with van der Waals surface area (Å²) in [5.74, 6) is 0. The largest absolute Gasteiger partial charge is 0.394 e. The molecule has 3 rings (SSSR count). The van der Waals surface area contributed by atoms with Gasteiger partial charge in [-0.1, -0.05) is 18.2 Å². The van der Waals surface area contributed by atoms with Crippen molar-refractivity contribution in [1.29, 1.82) is 0 Å². The number of fused-ring (bicyclic) bond motifs is 1. The standard InChI is InChI=1S/C14H17NO3S2/c1-15(14(10-16)7-4-8-14)20(17,18)13-9-19-12-6-3-2-5-11(12)13/h2-3,5-6,9,16H,4,7-8,10H2,1H3. The average Bonchev–Trinajstić information content (AvgIpc) is 2.82. The zero-order valence-corrected chi connectivity index (χ0v) is 12.9. The molecule has 1 aromatic heterocycles. The fourth-order valence-corrected chi connectivity index (χ4v) is 5.73. The molecular weight excluding hydrogens is 294 g/mol. The number of hydrogen-bond acceptors (Lipinski definition) is 4. The number of sulfonamides is 1. The summed E-state index contributed by atoms with van der Waals surface area (Å²) in [6.07, 6.45) is 2.41. The van der Waals surface area contributed by atoms with Gasteiger partial charge in [0.1, 0.15) is 4.90 Å². The minimum Gasteiger partial charge on any atom is -0.394 e. The lowest BCUT2D eigenvalue weighted by Crippen LogP contribution is -2.56. The molecule has 1 N–H and O–H groups in total. The molecule has 2 aromatic rings. The van der Waals surface area contributed by atoms with Crippen LogP contribution in [0.3, 0.4) is 0 Å². The van der Waals surface area contributed by atoms with E-state index in [1.165, 1.54) is 15.6 Å². The van der Waals surface area contributed by atoms with E-state index in [4.69, 9.17) is 0 Å². The summed E-state index contributed by atoms with van der Waals surface area (Å²) in [6, 6.07) is 7.50. The van der Waals surface area contributed by atoms with Gasteiger partial charge in [-0.3, -0.25) is 0 Å². The first-order valence-electron chi connectivity index (χ1n) is 6.57. The maximum absolute atomic E-state index is 12.8. The average molecular weight is 311 g/mol. The van der Waals surface area contributed by atoms with E-state index >= 15 is 0 Å². The van der Waals surface area contributed by atoms with E-state index in [1.807, 2.05) is 24.3 Å². The van der Waals surface area contributed by atoms with E-state index in [-0.39, 0.29) is 6.61 Å². The van der Waals surface area contributed by atoms with Crippen molar-refractivity contribution in [3.8, 4) is 0 Å². The quantitative estimate of drug-likeness (QED) is 0.943. The zero-order valence-electron chi connectivity index (χ0n) is 11.2. The number of thiophene rings is 1. The maximum atomic E-state index is 12.8. The molecule has 1 saturated carbocycles. The second-order valence-electron chi connectivity index (χ2n) is 5.30. The van der Waals surface area contributed by atoms with Crippen LogP contribution < -0.4 is 0 Å². The van der Waals surface area contributed by atoms with E-state index in [2.05, 4.69) is 0 Å². The van der Waals surface area contributed by atoms with Crippen LogP contribution in [0.1, 0.15) is 19.3 Å². The van der Waals surface area contributed by atoms with Crippen molar-refractivity contribution in [3.63, 3.8) is 0 Å². The van der Waals surface area contributed by atoms with Crippen LogP contribution in [0.5, 0.6) is 0 Å². The lowest BCUT2D eigenvalue weighted by molar-refractivity contribution is 0.0370. The van der Waals surface area contributed by atoms with Crippen molar-refractivity contribution >= 4 is 31.4 Å². The number of nitrogens with zero attached hydrogens (tertiary/aromatic N) is 1. The molecule has 0 spiro atoms. The Hall–Kier alpha value is -0.950. The van der Waals surface area contributed by atoms with Crippen LogP contribution >= 0.6 is 11.3 Å². The number of likely N-dealkylation sites (N-methyl/N-ethyl adjacent to an activating group) is 1. The van der Waals surface area contributed by atoms with E-state index in [0.717, 1.165) is 29.3 Å². The summed E-state index contributed by atoms with van der Waals surface area (Å²) >= 11 is 1.43. The molecule has 0 saturated heterocycles. The second-order valence-corrected chi connectivity index (χ2v) is 8.15. The van der Waals surface area contributed by atoms with E-state index < -0.39 is 15.6 Å². The lowest BCUT2D eigenvalue weighted by Gasteiger charge is -2.46. The molecular formula is C14H17NO3S2. The monoisotopic (exact) mass is 311 g/mol. The van der Waals surface area contributed by atoms with Crippen LogP contribution in [0.2, 0.25) is 0 Å². The predicted octanol–water partition coefficient (Wildman–Crippen LogP) is 2.44. The second kappa shape index (κ2) is 4.80. The van der Waals surface area contributed by atoms with Crippen LogP contribution in [-0.4, -0.2) is 37.0 Å². The molecule has 108 valence electrons. The number of aliphatic hydroxyl groups excluding tert-OH is 1. The van der Waals surface area contributed by atoms with Gasteiger partial charge < -0.3 is 5.11 Å². The highest BCUT2D eigenvalue weighted by Gasteiger charge is 2.46. The van der Waals surface area contributed by atoms with Crippen molar-refractivity contribution in [2.75, 3.05) is 13.7 Å². The Morgan fingerprint density at radius 2 is 2.05 bits per heavy atom. The summed E-state index contributed by atoms with van der Waals surface area (Å²) in [6.45, 7) is -0.120. The Labute approximate surface area is 122 Å². The van der Waals surface area contributed by atoms with E-state index in [0.29, 0.717) is 4.90 Å². The van der Waals surface area contributed by atoms with Gasteiger partial charge in [0.15, 0.2) is 0 Å². The normalized spacial score (nSPS) is 18.4. The van der Waals surface area contributed by atoms with Gasteiger partial charge in [-0.25, -0.2) is 8.42 Å². The fraction of sp³-hybridized carbons (Fsp3) is 0.429. The number of hydrogen-bond donors (Lipinski definition) is 1. The Morgan fingerprint density at radius 1 is 1.35 bits per heavy atom. The third-order valence-corrected chi connectivity index (χ3v) is 7.45. The highest BCUT2D eigenvalue weighted by molar-refractivity contribution is 7.89. The molecule has 0 radical (unpaired) electrons. The van der Waals surface area contributed by atoms with E-state index in [9.17, 15) is 13.5 Å². The molecule has 0 atom stereocenters. The first-order chi connectivity index (χ1) is 9.51. The summed E-state index contributed by atoms with van der Waals surface area (Å²) < 4.78 is 28.0. The molecule has 20 heavy (non-hydrogen) atoms. The van der Waals surface area contributed by atoms with Crippen LogP contribution in [0.4, 0.5) is 0 Å². The molecule has 1 heterocycles. The minimum atomic E-state index is -3.57. The minimum absolute atomic E-state index is 0.120. The van der Waals surface area contributed by atoms with Gasteiger partial charge in [-0.05, 0) is 25.3 Å². The third-order valence-electron chi connectivity index (χ3n) is 4.33. The van der Waals surface area contributed by atoms with Gasteiger partial charge in [-0.2, -0.15) is 4.31 Å². The number of aliphatic hydroxyl groups is 1. The summed E-state index contributed by atoms with van der Waals surface area (Å²) in [4.78, 5) is 0.348. The first kappa shape index (κ1) is 14.0. The van der Waals surface area contributed by atoms with Crippen molar-refractivity contribution in [2.45, 2.75) is 29.7 Å². The van der Waals surface area contributed by atoms with Crippen LogP contribution in [0.15, 0.2) is 34.5 Å². The molecule has 6 heteroatoms. The number of benzene rings is 1. The van der Waals surface area contributed by atoms with Gasteiger partial charge in [0.25, 0.3) is 0 Å². The summed E-state index contributed by atoms with van der Waals surface area (Å²) in [5.41, 5.74) is -0.609. The Balaban J connectivity index is 2.08. The predicted molar refractivity (Wildman–Crippen MR) is 80.4 cm³/mol. The van der Waals surface area contributed by atoms with Crippen LogP contribution in [0, 0.1) is 0 Å². The van der Waals surface area contributed by atoms with E-state index in [1.54, 1.807) is 12.4 Å². The maximum Gasteiger partial charge on any atom is 0.244 e. The summed E-state index contributed by atoms with van der Waals surface area (Å²) in [7, 11) is -1.99. The molecule has 0 amide bonds. The number of rotatable bonds is 4. The highest BCUT2D eigenvalue weighted by Crippen LogP contribution is 2.41. The van der Waals surface area contributed by atoms with Crippen molar-refractivity contribution in [2.24, 2.45) is 0 Å². The fourth-order valence-electron chi connectivity index (χ4n) is 2.71. The molecule has 1 aliphatic carbocycles. The lowest BCUT2D eigenvalue weighted by atomic mass is 9.77. The Morgan fingerprint density at radius 3 is 2.65 bits per heavy atom. The van der Waals surface area contributed by atoms with Crippen molar-refractivity contribution in [3.05, 3.63) is 29.6 Å². The molecule has 0 bridgehead atoms. The van der Waals surface area contributed by atoms with Crippen molar-refractivity contribution < 1.29 is 13.5 Å². The molecule has 4 nitrogen and oxygen atoms in total.